The number of ether oxygens (including phenoxy) is 1. The van der Waals surface area contributed by atoms with Crippen LogP contribution in [-0.4, -0.2) is 45.9 Å². The van der Waals surface area contributed by atoms with Crippen LogP contribution in [0.1, 0.15) is 13.8 Å². The monoisotopic (exact) mass is 392 g/mol. The maximum absolute atomic E-state index is 12.2. The molecule has 142 valence electrons. The van der Waals surface area contributed by atoms with E-state index in [4.69, 9.17) is 4.74 Å². The van der Waals surface area contributed by atoms with Gasteiger partial charge >= 0.3 is 12.0 Å². The topological polar surface area (TPSA) is 140 Å². The van der Waals surface area contributed by atoms with Crippen molar-refractivity contribution in [2.45, 2.75) is 13.8 Å². The molecule has 1 atom stereocenters. The second-order valence-electron chi connectivity index (χ2n) is 5.28. The summed E-state index contributed by atoms with van der Waals surface area (Å²) in [7, 11) is 0. The summed E-state index contributed by atoms with van der Waals surface area (Å²) < 4.78 is 4.96. The van der Waals surface area contributed by atoms with E-state index in [1.54, 1.807) is 13.0 Å². The lowest BCUT2D eigenvalue weighted by atomic mass is 10.1. The van der Waals surface area contributed by atoms with E-state index < -0.39 is 28.7 Å². The van der Waals surface area contributed by atoms with E-state index in [2.05, 4.69) is 15.3 Å². The molecule has 0 fully saturated rings. The van der Waals surface area contributed by atoms with Gasteiger partial charge in [0.1, 0.15) is 11.6 Å². The smallest absolute Gasteiger partial charge is 0.367 e. The zero-order valence-electron chi connectivity index (χ0n) is 14.5. The van der Waals surface area contributed by atoms with Crippen molar-refractivity contribution in [2.24, 2.45) is 15.9 Å². The predicted molar refractivity (Wildman–Crippen MR) is 100 cm³/mol. The molecule has 27 heavy (non-hydrogen) atoms. The highest BCUT2D eigenvalue weighted by Gasteiger charge is 2.33. The highest BCUT2D eigenvalue weighted by Crippen LogP contribution is 2.25. The highest BCUT2D eigenvalue weighted by atomic mass is 32.2. The lowest BCUT2D eigenvalue weighted by Gasteiger charge is -2.19. The molecule has 3 amide bonds. The Labute approximate surface area is 158 Å². The molecule has 0 saturated heterocycles. The number of carbonyl (C=O) groups excluding carboxylic acids is 3. The average Bonchev–Trinajstić information content (AvgIpc) is 2.59. The number of nitrogens with zero attached hydrogens (tertiary/aromatic N) is 3. The number of rotatable bonds is 6. The van der Waals surface area contributed by atoms with E-state index in [0.29, 0.717) is 0 Å². The van der Waals surface area contributed by atoms with Crippen molar-refractivity contribution in [3.63, 3.8) is 0 Å². The van der Waals surface area contributed by atoms with Gasteiger partial charge < -0.3 is 10.1 Å². The van der Waals surface area contributed by atoms with Gasteiger partial charge in [-0.3, -0.25) is 19.7 Å². The summed E-state index contributed by atoms with van der Waals surface area (Å²) in [4.78, 5) is 53.5. The minimum atomic E-state index is -0.952. The zero-order chi connectivity index (χ0) is 20.0. The Morgan fingerprint density at radius 1 is 1.33 bits per heavy atom. The third-order valence-corrected chi connectivity index (χ3v) is 4.42. The molecule has 11 heteroatoms. The van der Waals surface area contributed by atoms with Gasteiger partial charge in [0.2, 0.25) is 5.91 Å². The van der Waals surface area contributed by atoms with E-state index in [9.17, 15) is 24.5 Å². The number of para-hydroxylation sites is 2. The predicted octanol–water partition coefficient (Wildman–Crippen LogP) is 2.44. The summed E-state index contributed by atoms with van der Waals surface area (Å²) in [5.41, 5.74) is 0.0397. The maximum atomic E-state index is 12.2. The minimum absolute atomic E-state index is 0.0504. The highest BCUT2D eigenvalue weighted by molar-refractivity contribution is 8.14. The van der Waals surface area contributed by atoms with Crippen molar-refractivity contribution in [3.05, 3.63) is 34.4 Å². The Balaban J connectivity index is 2.08. The van der Waals surface area contributed by atoms with Crippen LogP contribution in [-0.2, 0) is 14.3 Å². The molecule has 0 radical (unpaired) electrons. The third-order valence-electron chi connectivity index (χ3n) is 3.39. The van der Waals surface area contributed by atoms with Crippen LogP contribution in [0, 0.1) is 16.0 Å². The van der Waals surface area contributed by atoms with Crippen LogP contribution in [0.3, 0.4) is 0 Å². The number of nitro benzene ring substituents is 1. The fourth-order valence-corrected chi connectivity index (χ4v) is 3.18. The second kappa shape index (κ2) is 9.03. The number of amides is 3. The van der Waals surface area contributed by atoms with E-state index in [0.717, 1.165) is 11.8 Å². The molecule has 1 heterocycles. The number of carbonyl (C=O) groups is 3. The van der Waals surface area contributed by atoms with Crippen molar-refractivity contribution >= 4 is 51.8 Å². The summed E-state index contributed by atoms with van der Waals surface area (Å²) >= 11 is 0.874. The maximum Gasteiger partial charge on any atom is 0.367 e. The first-order valence-electron chi connectivity index (χ1n) is 7.84. The Morgan fingerprint density at radius 2 is 2.04 bits per heavy atom. The molecule has 0 bridgehead atoms. The molecule has 0 spiro atoms. The van der Waals surface area contributed by atoms with Gasteiger partial charge in [-0.2, -0.15) is 9.98 Å². The first-order valence-corrected chi connectivity index (χ1v) is 8.82. The van der Waals surface area contributed by atoms with Crippen LogP contribution in [0.2, 0.25) is 0 Å². The van der Waals surface area contributed by atoms with Gasteiger partial charge in [0.25, 0.3) is 5.69 Å². The van der Waals surface area contributed by atoms with E-state index in [1.807, 2.05) is 0 Å². The molecule has 1 N–H and O–H groups in total. The van der Waals surface area contributed by atoms with Gasteiger partial charge in [0, 0.05) is 11.8 Å². The van der Waals surface area contributed by atoms with E-state index >= 15 is 0 Å². The van der Waals surface area contributed by atoms with Crippen molar-refractivity contribution in [1.29, 1.82) is 0 Å². The Kier molecular flexibility index (Phi) is 6.77. The standard InChI is InChI=1S/C16H16N4O6S/c1-3-26-15(22)13-9(2)17-16(23)19-14(13)27-8-12(21)18-10-6-4-5-7-11(10)20(24)25/h4-7,13H,3,8H2,1-2H3,(H,18,21). The van der Waals surface area contributed by atoms with Gasteiger partial charge in [-0.05, 0) is 19.9 Å². The van der Waals surface area contributed by atoms with Crippen molar-refractivity contribution in [2.75, 3.05) is 17.7 Å². The molecule has 1 unspecified atom stereocenters. The zero-order valence-corrected chi connectivity index (χ0v) is 15.3. The fraction of sp³-hybridized carbons (Fsp3) is 0.312. The second-order valence-corrected chi connectivity index (χ2v) is 6.28. The van der Waals surface area contributed by atoms with Crippen molar-refractivity contribution in [3.8, 4) is 0 Å². The molecule has 1 aliphatic rings. The number of hydrogen-bond acceptors (Lipinski definition) is 7. The molecule has 1 aliphatic heterocycles. The summed E-state index contributed by atoms with van der Waals surface area (Å²) in [6, 6.07) is 4.94. The normalized spacial score (nSPS) is 16.2. The van der Waals surface area contributed by atoms with Gasteiger partial charge in [-0.15, -0.1) is 0 Å². The molecule has 2 rings (SSSR count). The largest absolute Gasteiger partial charge is 0.465 e. The quantitative estimate of drug-likeness (QED) is 0.445. The SMILES string of the molecule is CCOC(=O)C1C(C)=NC(=O)N=C1SCC(=O)Nc1ccccc1[N+](=O)[O-]. The van der Waals surface area contributed by atoms with Crippen LogP contribution in [0.15, 0.2) is 34.3 Å². The van der Waals surface area contributed by atoms with Crippen LogP contribution >= 0.6 is 11.8 Å². The molecular weight excluding hydrogens is 376 g/mol. The van der Waals surface area contributed by atoms with Gasteiger partial charge in [-0.25, -0.2) is 4.79 Å². The van der Waals surface area contributed by atoms with E-state index in [-0.39, 0.29) is 34.5 Å². The summed E-state index contributed by atoms with van der Waals surface area (Å²) in [5.74, 6) is -2.32. The molecule has 0 aliphatic carbocycles. The number of anilines is 1. The summed E-state index contributed by atoms with van der Waals surface area (Å²) in [6.07, 6.45) is 0. The Hall–Kier alpha value is -3.08. The molecule has 1 aromatic rings. The summed E-state index contributed by atoms with van der Waals surface area (Å²) in [6.45, 7) is 3.29. The van der Waals surface area contributed by atoms with Crippen LogP contribution in [0.25, 0.3) is 0 Å². The van der Waals surface area contributed by atoms with Crippen LogP contribution in [0.4, 0.5) is 16.2 Å². The van der Waals surface area contributed by atoms with Crippen molar-refractivity contribution < 1.29 is 24.0 Å². The number of urea groups is 1. The first kappa shape index (κ1) is 20.2. The third kappa shape index (κ3) is 5.20. The van der Waals surface area contributed by atoms with Crippen LogP contribution < -0.4 is 5.32 Å². The number of esters is 1. The number of thioether (sulfide) groups is 1. The lowest BCUT2D eigenvalue weighted by Crippen LogP contribution is -2.34. The number of nitro groups is 1. The summed E-state index contributed by atoms with van der Waals surface area (Å²) in [5, 5.41) is 13.5. The first-order chi connectivity index (χ1) is 12.8. The minimum Gasteiger partial charge on any atom is -0.465 e. The number of aliphatic imine (C=N–C) groups is 2. The Bertz CT molecular complexity index is 851. The molecule has 0 aromatic heterocycles. The van der Waals surface area contributed by atoms with Crippen LogP contribution in [0.5, 0.6) is 0 Å². The lowest BCUT2D eigenvalue weighted by molar-refractivity contribution is -0.383. The molecule has 1 aromatic carbocycles. The molecule has 10 nitrogen and oxygen atoms in total. The van der Waals surface area contributed by atoms with E-state index in [1.165, 1.54) is 25.1 Å². The van der Waals surface area contributed by atoms with Gasteiger partial charge in [-0.1, -0.05) is 23.9 Å². The number of hydrogen-bond donors (Lipinski definition) is 1. The van der Waals surface area contributed by atoms with Gasteiger partial charge in [0.05, 0.1) is 22.3 Å². The van der Waals surface area contributed by atoms with Crippen molar-refractivity contribution in [1.82, 2.24) is 0 Å². The number of benzene rings is 1. The molecule has 0 saturated carbocycles. The fourth-order valence-electron chi connectivity index (χ4n) is 2.25. The average molecular weight is 392 g/mol. The molecular formula is C16H16N4O6S. The number of nitrogens with one attached hydrogen (secondary N) is 1. The Morgan fingerprint density at radius 3 is 2.70 bits per heavy atom. The van der Waals surface area contributed by atoms with Gasteiger partial charge in [0.15, 0.2) is 0 Å².